The zero-order valence-electron chi connectivity index (χ0n) is 7.13. The Balaban J connectivity index is 2.05. The van der Waals surface area contributed by atoms with E-state index < -0.39 is 0 Å². The first kappa shape index (κ1) is 8.36. The van der Waals surface area contributed by atoms with Gasteiger partial charge in [-0.25, -0.2) is 0 Å². The van der Waals surface area contributed by atoms with Crippen LogP contribution in [0.2, 0.25) is 0 Å². The number of carbonyl (C=O) groups excluding carboxylic acids is 1. The number of amides is 1. The van der Waals surface area contributed by atoms with Gasteiger partial charge in [-0.2, -0.15) is 0 Å². The van der Waals surface area contributed by atoms with E-state index in [0.717, 1.165) is 12.5 Å². The van der Waals surface area contributed by atoms with Crippen molar-refractivity contribution < 1.29 is 4.79 Å². The maximum Gasteiger partial charge on any atom is 0.316 e. The highest BCUT2D eigenvalue weighted by atomic mass is 35.5. The smallest absolute Gasteiger partial charge is 0.316 e. The van der Waals surface area contributed by atoms with Gasteiger partial charge < -0.3 is 4.90 Å². The lowest BCUT2D eigenvalue weighted by molar-refractivity contribution is 0.190. The molecule has 12 heavy (non-hydrogen) atoms. The van der Waals surface area contributed by atoms with Gasteiger partial charge in [-0.05, 0) is 36.8 Å². The minimum Gasteiger partial charge on any atom is -0.326 e. The topological polar surface area (TPSA) is 20.3 Å². The number of halogens is 1. The van der Waals surface area contributed by atoms with Crippen LogP contribution in [0.25, 0.3) is 0 Å². The molecule has 2 atom stereocenters. The minimum atomic E-state index is -0.246. The Labute approximate surface area is 77.9 Å². The van der Waals surface area contributed by atoms with Crippen molar-refractivity contribution in [2.75, 3.05) is 6.54 Å². The molecular formula is C9H14ClNO. The van der Waals surface area contributed by atoms with E-state index in [0.29, 0.717) is 6.04 Å². The number of fused-ring (bicyclic) bond motifs is 1. The first-order valence-electron chi connectivity index (χ1n) is 4.75. The van der Waals surface area contributed by atoms with Crippen molar-refractivity contribution >= 4 is 17.0 Å². The summed E-state index contributed by atoms with van der Waals surface area (Å²) in [5, 5.41) is -0.246. The first-order chi connectivity index (χ1) is 5.79. The van der Waals surface area contributed by atoms with Gasteiger partial charge in [0.15, 0.2) is 0 Å². The van der Waals surface area contributed by atoms with E-state index in [2.05, 4.69) is 0 Å². The van der Waals surface area contributed by atoms with Gasteiger partial charge in [-0.3, -0.25) is 4.79 Å². The maximum atomic E-state index is 11.0. The quantitative estimate of drug-likeness (QED) is 0.422. The molecule has 1 aliphatic heterocycles. The van der Waals surface area contributed by atoms with Crippen LogP contribution in [0.5, 0.6) is 0 Å². The third-order valence-electron chi connectivity index (χ3n) is 3.24. The fourth-order valence-electron chi connectivity index (χ4n) is 2.62. The molecule has 1 amide bonds. The van der Waals surface area contributed by atoms with Crippen molar-refractivity contribution in [2.24, 2.45) is 5.92 Å². The largest absolute Gasteiger partial charge is 0.326 e. The molecule has 0 unspecified atom stereocenters. The van der Waals surface area contributed by atoms with Gasteiger partial charge in [0.2, 0.25) is 0 Å². The SMILES string of the molecule is O=C(Cl)N1CC[C@H]2CCCC[C@H]21. The van der Waals surface area contributed by atoms with E-state index in [1.54, 1.807) is 0 Å². The number of hydrogen-bond donors (Lipinski definition) is 0. The number of likely N-dealkylation sites (tertiary alicyclic amines) is 1. The normalized spacial score (nSPS) is 34.9. The Bertz CT molecular complexity index is 195. The van der Waals surface area contributed by atoms with Crippen molar-refractivity contribution in [1.82, 2.24) is 4.90 Å². The van der Waals surface area contributed by atoms with Crippen LogP contribution in [-0.2, 0) is 0 Å². The molecule has 0 spiro atoms. The minimum absolute atomic E-state index is 0.246. The second-order valence-electron chi connectivity index (χ2n) is 3.85. The summed E-state index contributed by atoms with van der Waals surface area (Å²) in [5.41, 5.74) is 0. The molecule has 1 aliphatic carbocycles. The number of nitrogens with zero attached hydrogens (tertiary/aromatic N) is 1. The summed E-state index contributed by atoms with van der Waals surface area (Å²) in [6.45, 7) is 0.887. The monoisotopic (exact) mass is 187 g/mol. The molecule has 0 N–H and O–H groups in total. The molecule has 2 fully saturated rings. The Morgan fingerprint density at radius 2 is 2.00 bits per heavy atom. The van der Waals surface area contributed by atoms with Crippen LogP contribution in [0.1, 0.15) is 32.1 Å². The molecule has 1 saturated heterocycles. The molecule has 1 saturated carbocycles. The van der Waals surface area contributed by atoms with Gasteiger partial charge in [0, 0.05) is 12.6 Å². The van der Waals surface area contributed by atoms with E-state index in [1.807, 2.05) is 4.90 Å². The van der Waals surface area contributed by atoms with Crippen molar-refractivity contribution in [3.63, 3.8) is 0 Å². The highest BCUT2D eigenvalue weighted by molar-refractivity contribution is 6.62. The lowest BCUT2D eigenvalue weighted by Gasteiger charge is -2.30. The van der Waals surface area contributed by atoms with Crippen molar-refractivity contribution in [3.8, 4) is 0 Å². The molecule has 0 aromatic carbocycles. The lowest BCUT2D eigenvalue weighted by atomic mass is 9.85. The average molecular weight is 188 g/mol. The molecule has 68 valence electrons. The van der Waals surface area contributed by atoms with Crippen LogP contribution in [0.4, 0.5) is 4.79 Å². The molecular weight excluding hydrogens is 174 g/mol. The first-order valence-corrected chi connectivity index (χ1v) is 5.13. The molecule has 2 aliphatic rings. The summed E-state index contributed by atoms with van der Waals surface area (Å²) >= 11 is 5.49. The van der Waals surface area contributed by atoms with E-state index >= 15 is 0 Å². The van der Waals surface area contributed by atoms with Crippen molar-refractivity contribution in [1.29, 1.82) is 0 Å². The Kier molecular flexibility index (Phi) is 2.26. The standard InChI is InChI=1S/C9H14ClNO/c10-9(12)11-6-5-7-3-1-2-4-8(7)11/h7-8H,1-6H2/t7-,8-/m1/s1. The highest BCUT2D eigenvalue weighted by Crippen LogP contribution is 2.36. The van der Waals surface area contributed by atoms with Crippen molar-refractivity contribution in [2.45, 2.75) is 38.1 Å². The molecule has 3 heteroatoms. The zero-order valence-corrected chi connectivity index (χ0v) is 7.89. The maximum absolute atomic E-state index is 11.0. The third-order valence-corrected chi connectivity index (χ3v) is 3.45. The van der Waals surface area contributed by atoms with Crippen LogP contribution in [0.3, 0.4) is 0 Å². The fourth-order valence-corrected chi connectivity index (χ4v) is 2.83. The average Bonchev–Trinajstić information content (AvgIpc) is 2.47. The number of carbonyl (C=O) groups is 1. The van der Waals surface area contributed by atoms with Crippen LogP contribution in [0.15, 0.2) is 0 Å². The lowest BCUT2D eigenvalue weighted by Crippen LogP contribution is -2.36. The molecule has 0 bridgehead atoms. The molecule has 0 aromatic rings. The second-order valence-corrected chi connectivity index (χ2v) is 4.17. The van der Waals surface area contributed by atoms with Gasteiger partial charge in [-0.15, -0.1) is 0 Å². The van der Waals surface area contributed by atoms with Gasteiger partial charge >= 0.3 is 5.37 Å². The van der Waals surface area contributed by atoms with E-state index in [1.165, 1.54) is 32.1 Å². The summed E-state index contributed by atoms with van der Waals surface area (Å²) in [5.74, 6) is 0.751. The highest BCUT2D eigenvalue weighted by Gasteiger charge is 2.37. The van der Waals surface area contributed by atoms with E-state index in [-0.39, 0.29) is 5.37 Å². The predicted octanol–water partition coefficient (Wildman–Crippen LogP) is 2.61. The molecule has 2 rings (SSSR count). The fraction of sp³-hybridized carbons (Fsp3) is 0.889. The Morgan fingerprint density at radius 3 is 2.75 bits per heavy atom. The van der Waals surface area contributed by atoms with Crippen LogP contribution >= 0.6 is 11.6 Å². The molecule has 2 nitrogen and oxygen atoms in total. The van der Waals surface area contributed by atoms with E-state index in [9.17, 15) is 4.79 Å². The Morgan fingerprint density at radius 1 is 1.25 bits per heavy atom. The number of hydrogen-bond acceptors (Lipinski definition) is 1. The van der Waals surface area contributed by atoms with Crippen LogP contribution < -0.4 is 0 Å². The second kappa shape index (κ2) is 3.25. The molecule has 0 radical (unpaired) electrons. The summed E-state index contributed by atoms with van der Waals surface area (Å²) in [7, 11) is 0. The van der Waals surface area contributed by atoms with Crippen LogP contribution in [0, 0.1) is 5.92 Å². The van der Waals surface area contributed by atoms with E-state index in [4.69, 9.17) is 11.6 Å². The summed E-state index contributed by atoms with van der Waals surface area (Å²) in [6.07, 6.45) is 6.24. The van der Waals surface area contributed by atoms with Gasteiger partial charge in [0.1, 0.15) is 0 Å². The summed E-state index contributed by atoms with van der Waals surface area (Å²) in [4.78, 5) is 12.8. The third kappa shape index (κ3) is 1.33. The predicted molar refractivity (Wildman–Crippen MR) is 48.3 cm³/mol. The number of rotatable bonds is 0. The van der Waals surface area contributed by atoms with Crippen LogP contribution in [-0.4, -0.2) is 22.9 Å². The summed E-state index contributed by atoms with van der Waals surface area (Å²) in [6, 6.07) is 0.476. The Hall–Kier alpha value is -0.240. The zero-order chi connectivity index (χ0) is 8.55. The van der Waals surface area contributed by atoms with Crippen molar-refractivity contribution in [3.05, 3.63) is 0 Å². The molecule has 0 aromatic heterocycles. The van der Waals surface area contributed by atoms with Gasteiger partial charge in [0.05, 0.1) is 0 Å². The molecule has 1 heterocycles. The summed E-state index contributed by atoms with van der Waals surface area (Å²) < 4.78 is 0. The van der Waals surface area contributed by atoms with Gasteiger partial charge in [0.25, 0.3) is 0 Å². The van der Waals surface area contributed by atoms with Gasteiger partial charge in [-0.1, -0.05) is 12.8 Å².